The van der Waals surface area contributed by atoms with Gasteiger partial charge in [0.1, 0.15) is 23.4 Å². The molecule has 3 amide bonds. The number of β-amino-alcohol motifs (C(OH)–C–C–N with tert-alkyl or cyclic N) is 1. The van der Waals surface area contributed by atoms with Gasteiger partial charge in [0.15, 0.2) is 10.9 Å². The number of aryl methyl sites for hydroxylation is 1. The van der Waals surface area contributed by atoms with Gasteiger partial charge in [-0.3, -0.25) is 24.0 Å². The Bertz CT molecular complexity index is 2800. The number of aromatic nitrogens is 3. The van der Waals surface area contributed by atoms with Gasteiger partial charge in [-0.15, -0.1) is 11.3 Å². The topological polar surface area (TPSA) is 196 Å². The first-order valence-corrected chi connectivity index (χ1v) is 25.2. The van der Waals surface area contributed by atoms with E-state index in [0.29, 0.717) is 56.3 Å². The molecule has 3 N–H and O–H groups in total. The van der Waals surface area contributed by atoms with E-state index in [9.17, 15) is 43.0 Å². The van der Waals surface area contributed by atoms with Crippen molar-refractivity contribution in [3.05, 3.63) is 107 Å². The quantitative estimate of drug-likeness (QED) is 0.0471. The third-order valence-corrected chi connectivity index (χ3v) is 14.2. The van der Waals surface area contributed by atoms with E-state index in [1.54, 1.807) is 71.3 Å². The fraction of sp³-hybridized carbons (Fsp3) is 0.442. The van der Waals surface area contributed by atoms with Gasteiger partial charge in [-0.05, 0) is 106 Å². The van der Waals surface area contributed by atoms with Gasteiger partial charge in [-0.1, -0.05) is 38.1 Å². The molecule has 4 heterocycles. The number of anilines is 2. The zero-order chi connectivity index (χ0) is 52.8. The number of rotatable bonds is 21. The van der Waals surface area contributed by atoms with Crippen LogP contribution in [-0.2, 0) is 25.3 Å². The van der Waals surface area contributed by atoms with Gasteiger partial charge in [-0.2, -0.15) is 23.5 Å². The lowest BCUT2D eigenvalue weighted by atomic mass is 10.0. The van der Waals surface area contributed by atoms with Crippen molar-refractivity contribution in [1.82, 2.24) is 25.0 Å². The minimum atomic E-state index is -4.81. The van der Waals surface area contributed by atoms with Gasteiger partial charge < -0.3 is 39.5 Å². The maximum absolute atomic E-state index is 14.1. The van der Waals surface area contributed by atoms with E-state index in [-0.39, 0.29) is 54.1 Å². The Labute approximate surface area is 431 Å². The Morgan fingerprint density at radius 2 is 1.67 bits per heavy atom. The summed E-state index contributed by atoms with van der Waals surface area (Å²) in [6.07, 6.45) is -1.82. The molecule has 21 heteroatoms. The first kappa shape index (κ1) is 54.3. The fourth-order valence-electron chi connectivity index (χ4n) is 8.90. The number of carbonyl (C=O) groups excluding carboxylic acids is 3. The number of thiocarbonyl (C=S) groups is 1. The summed E-state index contributed by atoms with van der Waals surface area (Å²) >= 11 is 7.19. The van der Waals surface area contributed by atoms with E-state index in [4.69, 9.17) is 26.4 Å². The number of nitriles is 1. The summed E-state index contributed by atoms with van der Waals surface area (Å²) < 4.78 is 60.2. The molecule has 0 bridgehead atoms. The second-order valence-corrected chi connectivity index (χ2v) is 20.1. The minimum Gasteiger partial charge on any atom is -0.493 e. The van der Waals surface area contributed by atoms with Gasteiger partial charge in [0.25, 0.3) is 5.91 Å². The SMILES string of the molecule is Cc1ncsc1-c1ccc([C@H](C)NC(=O)[C@@H]2C[C@@H](O)CN2C(=O)[C@H](C(C)C)n2cc(OCCCOCCC(O)CCOc3ccc(N4C(=S)N(c5ccc(C#N)c(C(F)(F)F)c5)C(=O)C4(C)C)cc3)cn2)cc1. The maximum Gasteiger partial charge on any atom is 0.417 e. The Kier molecular flexibility index (Phi) is 17.3. The van der Waals surface area contributed by atoms with Crippen molar-refractivity contribution in [2.75, 3.05) is 42.8 Å². The predicted octanol–water partition coefficient (Wildman–Crippen LogP) is 8.16. The van der Waals surface area contributed by atoms with Gasteiger partial charge in [-0.25, -0.2) is 4.98 Å². The molecule has 2 saturated heterocycles. The van der Waals surface area contributed by atoms with Crippen molar-refractivity contribution < 1.29 is 52.0 Å². The number of benzene rings is 3. The Hall–Kier alpha value is -6.44. The number of likely N-dealkylation sites (tertiary alicyclic amines) is 1. The number of amides is 3. The number of carbonyl (C=O) groups is 3. The van der Waals surface area contributed by atoms with Crippen molar-refractivity contribution in [2.24, 2.45) is 5.92 Å². The summed E-state index contributed by atoms with van der Waals surface area (Å²) in [7, 11) is 0. The maximum atomic E-state index is 14.1. The number of hydrogen-bond donors (Lipinski definition) is 3. The van der Waals surface area contributed by atoms with Gasteiger partial charge in [0.2, 0.25) is 11.8 Å². The highest BCUT2D eigenvalue weighted by Crippen LogP contribution is 2.40. The lowest BCUT2D eigenvalue weighted by molar-refractivity contribution is -0.142. The van der Waals surface area contributed by atoms with Gasteiger partial charge in [0.05, 0.1) is 82.8 Å². The number of hydrogen-bond acceptors (Lipinski definition) is 13. The normalized spacial score (nSPS) is 18.0. The summed E-state index contributed by atoms with van der Waals surface area (Å²) in [5.41, 5.74) is 2.16. The number of nitrogens with zero attached hydrogens (tertiary/aromatic N) is 7. The molecule has 2 fully saturated rings. The summed E-state index contributed by atoms with van der Waals surface area (Å²) in [5, 5.41) is 37.9. The standard InChI is InChI=1S/C52H59F3N8O8S2/c1-31(2)45(48(67)60-28-40(65)25-44(60)47(66)59-32(3)34-8-10-35(11-9-34)46-33(4)57-30-73-46)61-29-42(27-58-61)70-21-7-20-69-22-18-39(64)19-23-71-41-16-14-37(15-17-41)63-50(72)62(49(68)51(63,5)6)38-13-12-36(26-56)43(24-38)52(53,54)55/h8-17,24,27,29-32,39-40,44-45,64-65H,7,18-23,25,28H2,1-6H3,(H,59,66)/t32-,39?,40+,44-,45-/m0/s1. The molecule has 7 rings (SSSR count). The lowest BCUT2D eigenvalue weighted by Crippen LogP contribution is -2.49. The van der Waals surface area contributed by atoms with Crippen LogP contribution in [0.5, 0.6) is 11.5 Å². The molecule has 5 aromatic rings. The number of nitrogens with one attached hydrogen (secondary N) is 1. The van der Waals surface area contributed by atoms with Crippen molar-refractivity contribution in [3.8, 4) is 28.0 Å². The van der Waals surface area contributed by atoms with Crippen LogP contribution in [-0.4, -0.2) is 109 Å². The minimum absolute atomic E-state index is 0.0244. The van der Waals surface area contributed by atoms with E-state index in [1.165, 1.54) is 17.2 Å². The van der Waals surface area contributed by atoms with Crippen LogP contribution in [0.3, 0.4) is 0 Å². The molecule has 388 valence electrons. The molecule has 0 saturated carbocycles. The van der Waals surface area contributed by atoms with Crippen molar-refractivity contribution in [1.29, 1.82) is 5.26 Å². The Morgan fingerprint density at radius 1 is 0.986 bits per heavy atom. The van der Waals surface area contributed by atoms with E-state index >= 15 is 0 Å². The molecule has 73 heavy (non-hydrogen) atoms. The summed E-state index contributed by atoms with van der Waals surface area (Å²) in [6, 6.07) is 17.3. The van der Waals surface area contributed by atoms with E-state index in [1.807, 2.05) is 57.5 Å². The van der Waals surface area contributed by atoms with Crippen LogP contribution >= 0.6 is 23.6 Å². The molecular weight excluding hydrogens is 986 g/mol. The average molecular weight is 1050 g/mol. The van der Waals surface area contributed by atoms with Crippen LogP contribution in [0.2, 0.25) is 0 Å². The third kappa shape index (κ3) is 12.5. The zero-order valence-electron chi connectivity index (χ0n) is 41.3. The third-order valence-electron chi connectivity index (χ3n) is 12.9. The number of ether oxygens (including phenoxy) is 3. The number of aliphatic hydroxyl groups is 2. The lowest BCUT2D eigenvalue weighted by Gasteiger charge is -2.30. The van der Waals surface area contributed by atoms with E-state index < -0.39 is 53.0 Å². The van der Waals surface area contributed by atoms with Crippen LogP contribution in [0.15, 0.2) is 84.6 Å². The Morgan fingerprint density at radius 3 is 2.33 bits per heavy atom. The average Bonchev–Trinajstić information content (AvgIpc) is 4.13. The number of alkyl halides is 3. The molecule has 1 unspecified atom stereocenters. The second-order valence-electron chi connectivity index (χ2n) is 18.9. The van der Waals surface area contributed by atoms with Crippen LogP contribution in [0, 0.1) is 24.2 Å². The van der Waals surface area contributed by atoms with Crippen LogP contribution in [0.1, 0.15) is 94.8 Å². The number of thiazole rings is 1. The molecule has 2 aromatic heterocycles. The van der Waals surface area contributed by atoms with E-state index in [0.717, 1.165) is 38.7 Å². The second kappa shape index (κ2) is 23.2. The summed E-state index contributed by atoms with van der Waals surface area (Å²) in [4.78, 5) is 50.8. The summed E-state index contributed by atoms with van der Waals surface area (Å²) in [5.74, 6) is -0.454. The van der Waals surface area contributed by atoms with Crippen LogP contribution in [0.4, 0.5) is 24.5 Å². The van der Waals surface area contributed by atoms with Crippen molar-refractivity contribution in [3.63, 3.8) is 0 Å². The highest BCUT2D eigenvalue weighted by atomic mass is 32.1. The molecule has 0 spiro atoms. The Balaban J connectivity index is 0.809. The highest BCUT2D eigenvalue weighted by molar-refractivity contribution is 7.81. The molecule has 0 aliphatic carbocycles. The van der Waals surface area contributed by atoms with Crippen LogP contribution in [0.25, 0.3) is 10.4 Å². The van der Waals surface area contributed by atoms with Crippen molar-refractivity contribution >= 4 is 57.8 Å². The van der Waals surface area contributed by atoms with E-state index in [2.05, 4.69) is 15.4 Å². The smallest absolute Gasteiger partial charge is 0.417 e. The monoisotopic (exact) mass is 1040 g/mol. The first-order valence-electron chi connectivity index (χ1n) is 23.9. The molecular formula is C52H59F3N8O8S2. The molecule has 3 aromatic carbocycles. The molecule has 0 radical (unpaired) electrons. The largest absolute Gasteiger partial charge is 0.493 e. The van der Waals surface area contributed by atoms with Gasteiger partial charge in [0, 0.05) is 44.7 Å². The number of halogens is 3. The molecule has 5 atom stereocenters. The molecule has 2 aliphatic rings. The summed E-state index contributed by atoms with van der Waals surface area (Å²) in [6.45, 7) is 12.1. The van der Waals surface area contributed by atoms with Crippen LogP contribution < -0.4 is 24.6 Å². The zero-order valence-corrected chi connectivity index (χ0v) is 43.0. The number of aliphatic hydroxyl groups excluding tert-OH is 2. The molecule has 2 aliphatic heterocycles. The van der Waals surface area contributed by atoms with Crippen molar-refractivity contribution in [2.45, 2.75) is 109 Å². The van der Waals surface area contributed by atoms with Gasteiger partial charge >= 0.3 is 6.18 Å². The predicted molar refractivity (Wildman–Crippen MR) is 272 cm³/mol. The highest BCUT2D eigenvalue weighted by Gasteiger charge is 2.51. The fourth-order valence-corrected chi connectivity index (χ4v) is 10.2. The molecule has 16 nitrogen and oxygen atoms in total. The first-order chi connectivity index (χ1) is 34.7.